The van der Waals surface area contributed by atoms with Crippen molar-refractivity contribution in [3.8, 4) is 5.75 Å². The molecule has 3 rings (SSSR count). The van der Waals surface area contributed by atoms with Gasteiger partial charge in [0.1, 0.15) is 0 Å². The molecule has 1 aliphatic heterocycles. The summed E-state index contributed by atoms with van der Waals surface area (Å²) < 4.78 is 33.2. The molecule has 1 heterocycles. The first kappa shape index (κ1) is 23.7. The molecule has 2 aromatic carbocycles. The van der Waals surface area contributed by atoms with Crippen LogP contribution >= 0.6 is 0 Å². The van der Waals surface area contributed by atoms with Gasteiger partial charge in [0.2, 0.25) is 10.0 Å². The van der Waals surface area contributed by atoms with Gasteiger partial charge in [0.25, 0.3) is 5.91 Å². The maximum absolute atomic E-state index is 13.2. The predicted molar refractivity (Wildman–Crippen MR) is 120 cm³/mol. The van der Waals surface area contributed by atoms with E-state index in [1.165, 1.54) is 22.5 Å². The molecule has 0 spiro atoms. The SMILES string of the molecule is Cc1ccc([N+](=O)[O-])c(OCC(=O)Nc2ccc(C)c(S(=O)(=O)N3CCCCCC3)c2)c1. The summed E-state index contributed by atoms with van der Waals surface area (Å²) in [4.78, 5) is 23.1. The number of sulfonamides is 1. The van der Waals surface area contributed by atoms with E-state index in [0.717, 1.165) is 31.2 Å². The van der Waals surface area contributed by atoms with Crippen LogP contribution in [-0.2, 0) is 14.8 Å². The van der Waals surface area contributed by atoms with Gasteiger partial charge < -0.3 is 10.1 Å². The Bertz CT molecular complexity index is 1110. The highest BCUT2D eigenvalue weighted by molar-refractivity contribution is 7.89. The largest absolute Gasteiger partial charge is 0.477 e. The van der Waals surface area contributed by atoms with Crippen LogP contribution in [0.5, 0.6) is 5.75 Å². The van der Waals surface area contributed by atoms with Crippen LogP contribution in [0, 0.1) is 24.0 Å². The van der Waals surface area contributed by atoms with Crippen molar-refractivity contribution in [1.82, 2.24) is 4.31 Å². The Kier molecular flexibility index (Phi) is 7.47. The zero-order valence-electron chi connectivity index (χ0n) is 18.2. The molecule has 9 nitrogen and oxygen atoms in total. The van der Waals surface area contributed by atoms with Gasteiger partial charge in [-0.2, -0.15) is 4.31 Å². The van der Waals surface area contributed by atoms with Gasteiger partial charge in [-0.1, -0.05) is 25.0 Å². The molecule has 1 fully saturated rings. The third kappa shape index (κ3) is 5.63. The summed E-state index contributed by atoms with van der Waals surface area (Å²) in [5, 5.41) is 13.8. The Balaban J connectivity index is 1.73. The fraction of sp³-hybridized carbons (Fsp3) is 0.409. The molecule has 0 aliphatic carbocycles. The number of nitro groups is 1. The summed E-state index contributed by atoms with van der Waals surface area (Å²) in [5.74, 6) is -0.554. The summed E-state index contributed by atoms with van der Waals surface area (Å²) in [6.45, 7) is 4.00. The fourth-order valence-corrected chi connectivity index (χ4v) is 5.37. The summed E-state index contributed by atoms with van der Waals surface area (Å²) >= 11 is 0. The molecular formula is C22H27N3O6S. The lowest BCUT2D eigenvalue weighted by Crippen LogP contribution is -2.32. The Morgan fingerprint density at radius 1 is 1.09 bits per heavy atom. The van der Waals surface area contributed by atoms with Crippen molar-refractivity contribution < 1.29 is 22.9 Å². The van der Waals surface area contributed by atoms with Crippen molar-refractivity contribution in [3.63, 3.8) is 0 Å². The van der Waals surface area contributed by atoms with Crippen LogP contribution in [0.2, 0.25) is 0 Å². The summed E-state index contributed by atoms with van der Waals surface area (Å²) in [6, 6.07) is 9.11. The summed E-state index contributed by atoms with van der Waals surface area (Å²) in [6.07, 6.45) is 3.69. The molecule has 10 heteroatoms. The van der Waals surface area contributed by atoms with Crippen LogP contribution in [0.4, 0.5) is 11.4 Å². The number of carbonyl (C=O) groups excluding carboxylic acids is 1. The number of amides is 1. The zero-order chi connectivity index (χ0) is 23.3. The highest BCUT2D eigenvalue weighted by Gasteiger charge is 2.27. The van der Waals surface area contributed by atoms with E-state index in [1.54, 1.807) is 32.0 Å². The Morgan fingerprint density at radius 2 is 1.78 bits per heavy atom. The molecular weight excluding hydrogens is 434 g/mol. The molecule has 1 N–H and O–H groups in total. The average molecular weight is 462 g/mol. The van der Waals surface area contributed by atoms with E-state index >= 15 is 0 Å². The van der Waals surface area contributed by atoms with Crippen LogP contribution in [-0.4, -0.2) is 43.2 Å². The van der Waals surface area contributed by atoms with Gasteiger partial charge in [0.05, 0.1) is 9.82 Å². The number of hydrogen-bond donors (Lipinski definition) is 1. The quantitative estimate of drug-likeness (QED) is 0.495. The second-order valence-electron chi connectivity index (χ2n) is 7.86. The molecule has 0 radical (unpaired) electrons. The minimum Gasteiger partial charge on any atom is -0.477 e. The van der Waals surface area contributed by atoms with E-state index in [2.05, 4.69) is 5.32 Å². The molecule has 1 amide bonds. The molecule has 0 atom stereocenters. The first-order chi connectivity index (χ1) is 15.2. The minimum absolute atomic E-state index is 0.00140. The van der Waals surface area contributed by atoms with E-state index in [4.69, 9.17) is 4.74 Å². The van der Waals surface area contributed by atoms with Crippen molar-refractivity contribution in [3.05, 3.63) is 57.6 Å². The van der Waals surface area contributed by atoms with Crippen LogP contribution in [0.25, 0.3) is 0 Å². The molecule has 0 saturated carbocycles. The third-order valence-electron chi connectivity index (χ3n) is 5.33. The van der Waals surface area contributed by atoms with Crippen molar-refractivity contribution in [2.45, 2.75) is 44.4 Å². The highest BCUT2D eigenvalue weighted by atomic mass is 32.2. The summed E-state index contributed by atoms with van der Waals surface area (Å²) in [7, 11) is -3.67. The maximum atomic E-state index is 13.2. The number of rotatable bonds is 7. The van der Waals surface area contributed by atoms with E-state index in [9.17, 15) is 23.3 Å². The van der Waals surface area contributed by atoms with E-state index in [0.29, 0.717) is 24.3 Å². The average Bonchev–Trinajstić information content (AvgIpc) is 3.03. The van der Waals surface area contributed by atoms with Crippen LogP contribution < -0.4 is 10.1 Å². The lowest BCUT2D eigenvalue weighted by atomic mass is 10.2. The van der Waals surface area contributed by atoms with Crippen molar-refractivity contribution in [2.75, 3.05) is 25.0 Å². The predicted octanol–water partition coefficient (Wildman–Crippen LogP) is 3.79. The molecule has 0 aromatic heterocycles. The highest BCUT2D eigenvalue weighted by Crippen LogP contribution is 2.28. The molecule has 172 valence electrons. The van der Waals surface area contributed by atoms with Gasteiger partial charge in [0, 0.05) is 24.8 Å². The third-order valence-corrected chi connectivity index (χ3v) is 7.37. The van der Waals surface area contributed by atoms with Crippen molar-refractivity contribution >= 4 is 27.3 Å². The molecule has 32 heavy (non-hydrogen) atoms. The molecule has 1 saturated heterocycles. The lowest BCUT2D eigenvalue weighted by molar-refractivity contribution is -0.385. The first-order valence-electron chi connectivity index (χ1n) is 10.5. The van der Waals surface area contributed by atoms with E-state index < -0.39 is 27.5 Å². The van der Waals surface area contributed by atoms with Crippen LogP contribution in [0.3, 0.4) is 0 Å². The van der Waals surface area contributed by atoms with Gasteiger partial charge in [-0.3, -0.25) is 14.9 Å². The number of hydrogen-bond acceptors (Lipinski definition) is 6. The fourth-order valence-electron chi connectivity index (χ4n) is 3.61. The van der Waals surface area contributed by atoms with Crippen LogP contribution in [0.1, 0.15) is 36.8 Å². The molecule has 0 unspecified atom stereocenters. The van der Waals surface area contributed by atoms with Gasteiger partial charge in [-0.05, 0) is 56.0 Å². The lowest BCUT2D eigenvalue weighted by Gasteiger charge is -2.21. The number of ether oxygens (including phenoxy) is 1. The smallest absolute Gasteiger partial charge is 0.310 e. The van der Waals surface area contributed by atoms with E-state index in [1.807, 2.05) is 0 Å². The number of nitrogens with zero attached hydrogens (tertiary/aromatic N) is 2. The number of nitrogens with one attached hydrogen (secondary N) is 1. The first-order valence-corrected chi connectivity index (χ1v) is 11.9. The Morgan fingerprint density at radius 3 is 2.44 bits per heavy atom. The number of anilines is 1. The number of nitro benzene ring substituents is 1. The molecule has 2 aromatic rings. The second-order valence-corrected chi connectivity index (χ2v) is 9.77. The Hall–Kier alpha value is -2.98. The second kappa shape index (κ2) is 10.1. The minimum atomic E-state index is -3.67. The van der Waals surface area contributed by atoms with Crippen molar-refractivity contribution in [2.24, 2.45) is 0 Å². The number of aryl methyl sites for hydroxylation is 2. The summed E-state index contributed by atoms with van der Waals surface area (Å²) in [5.41, 5.74) is 1.44. The van der Waals surface area contributed by atoms with Crippen molar-refractivity contribution in [1.29, 1.82) is 0 Å². The van der Waals surface area contributed by atoms with Gasteiger partial charge in [-0.15, -0.1) is 0 Å². The van der Waals surface area contributed by atoms with Crippen LogP contribution in [0.15, 0.2) is 41.3 Å². The molecule has 0 bridgehead atoms. The molecule has 1 aliphatic rings. The number of carbonyl (C=O) groups is 1. The zero-order valence-corrected chi connectivity index (χ0v) is 19.0. The number of benzene rings is 2. The Labute approximate surface area is 187 Å². The van der Waals surface area contributed by atoms with Gasteiger partial charge in [-0.25, -0.2) is 8.42 Å². The standard InChI is InChI=1S/C22H27N3O6S/c1-16-7-10-19(25(27)28)20(13-16)31-15-22(26)23-18-9-8-17(2)21(14-18)32(29,30)24-11-5-3-4-6-12-24/h7-10,13-14H,3-6,11-12,15H2,1-2H3,(H,23,26). The maximum Gasteiger partial charge on any atom is 0.310 e. The van der Waals surface area contributed by atoms with Gasteiger partial charge >= 0.3 is 5.69 Å². The van der Waals surface area contributed by atoms with Gasteiger partial charge in [0.15, 0.2) is 12.4 Å². The topological polar surface area (TPSA) is 119 Å². The normalized spacial score (nSPS) is 15.1. The monoisotopic (exact) mass is 461 g/mol. The van der Waals surface area contributed by atoms with E-state index in [-0.39, 0.29) is 16.3 Å².